The Balaban J connectivity index is 1.26. The Kier molecular flexibility index (Phi) is 10.4. The molecule has 3 heterocycles. The Morgan fingerprint density at radius 2 is 1.75 bits per heavy atom. The van der Waals surface area contributed by atoms with Crippen LogP contribution < -0.4 is 20.1 Å². The Hall–Kier alpha value is -4.71. The Labute approximate surface area is 329 Å². The lowest BCUT2D eigenvalue weighted by atomic mass is 9.85. The number of carbonyl (C=O) groups is 4. The fourth-order valence-electron chi connectivity index (χ4n) is 7.71. The smallest absolute Gasteiger partial charge is 0.408 e. The van der Waals surface area contributed by atoms with Crippen molar-refractivity contribution < 1.29 is 50.6 Å². The number of allylic oxidation sites excluding steroid dienone is 1. The van der Waals surface area contributed by atoms with Gasteiger partial charge < -0.3 is 29.7 Å². The first-order chi connectivity index (χ1) is 26.8. The summed E-state index contributed by atoms with van der Waals surface area (Å²) < 4.78 is 77.0. The number of carbonyl (C=O) groups excluding carboxylic acids is 4. The third kappa shape index (κ3) is 7.94. The first-order valence-corrected chi connectivity index (χ1v) is 20.7. The number of nitrogens with zero attached hydrogens (tertiary/aromatic N) is 3. The van der Waals surface area contributed by atoms with Gasteiger partial charge in [0.25, 0.3) is 5.91 Å². The van der Waals surface area contributed by atoms with Crippen LogP contribution in [0.2, 0.25) is 0 Å². The third-order valence-corrected chi connectivity index (χ3v) is 13.8. The van der Waals surface area contributed by atoms with Gasteiger partial charge in [-0.3, -0.25) is 19.1 Å². The Bertz CT molecular complexity index is 2120. The molecule has 3 aliphatic carbocycles. The van der Waals surface area contributed by atoms with Gasteiger partial charge in [0.15, 0.2) is 5.69 Å². The molecule has 1 aromatic heterocycles. The normalized spacial score (nSPS) is 31.6. The number of rotatable bonds is 6. The van der Waals surface area contributed by atoms with Gasteiger partial charge in [-0.05, 0) is 69.1 Å². The van der Waals surface area contributed by atoms with Gasteiger partial charge in [-0.1, -0.05) is 45.1 Å². The van der Waals surface area contributed by atoms with Crippen LogP contribution in [0.4, 0.5) is 13.6 Å². The first kappa shape index (κ1) is 40.5. The lowest BCUT2D eigenvalue weighted by Crippen LogP contribution is -2.60. The summed E-state index contributed by atoms with van der Waals surface area (Å²) in [4.78, 5) is 65.9. The van der Waals surface area contributed by atoms with Gasteiger partial charge in [-0.15, -0.1) is 6.58 Å². The van der Waals surface area contributed by atoms with E-state index in [1.54, 1.807) is 39.0 Å². The highest BCUT2D eigenvalue weighted by Crippen LogP contribution is 2.47. The number of hydrogen-bond acceptors (Lipinski definition) is 11. The van der Waals surface area contributed by atoms with Crippen LogP contribution in [0, 0.1) is 11.3 Å². The zero-order valence-corrected chi connectivity index (χ0v) is 33.1. The number of fused-ring (bicyclic) bond motifs is 5. The number of alkyl carbamates (subject to hydrolysis) is 1. The predicted octanol–water partition coefficient (Wildman–Crippen LogP) is 3.78. The SMILES string of the molecule is C=C[C@@H]1C[C@]1(NC(=O)[C@@H]1C[C@@H]2CN1C(=O)[C@H](C(C)(C)C)NC(=O)O[C@@H]1CCC[C@H]1OC/C=C\C(F)(F)c1nc3ccccc3nc1O2)C(=O)NS(=O)(=O)C1(C)CC1. The number of alkyl halides is 2. The number of halogens is 2. The molecule has 3 N–H and O–H groups in total. The highest BCUT2D eigenvalue weighted by Gasteiger charge is 2.63. The lowest BCUT2D eigenvalue weighted by molar-refractivity contribution is -0.143. The highest BCUT2D eigenvalue weighted by molar-refractivity contribution is 7.91. The monoisotopic (exact) mass is 814 g/mol. The number of aromatic nitrogens is 2. The molecule has 57 heavy (non-hydrogen) atoms. The molecule has 0 unspecified atom stereocenters. The van der Waals surface area contributed by atoms with Crippen molar-refractivity contribution in [1.29, 1.82) is 0 Å². The predicted molar refractivity (Wildman–Crippen MR) is 201 cm³/mol. The number of hydrogen-bond donors (Lipinski definition) is 3. The molecule has 7 rings (SSSR count). The number of ether oxygens (including phenoxy) is 3. The summed E-state index contributed by atoms with van der Waals surface area (Å²) >= 11 is 0. The number of nitrogens with one attached hydrogen (secondary N) is 3. The molecule has 2 bridgehead atoms. The van der Waals surface area contributed by atoms with E-state index in [-0.39, 0.29) is 37.0 Å². The molecule has 4 amide bonds. The number of benzene rings is 1. The quantitative estimate of drug-likeness (QED) is 0.360. The molecule has 4 fully saturated rings. The molecule has 1 aromatic carbocycles. The average Bonchev–Trinajstić information content (AvgIpc) is 3.96. The van der Waals surface area contributed by atoms with Gasteiger partial charge in [-0.25, -0.2) is 23.2 Å². The minimum absolute atomic E-state index is 0.0451. The maximum atomic E-state index is 16.1. The van der Waals surface area contributed by atoms with Crippen molar-refractivity contribution in [2.24, 2.45) is 11.3 Å². The second kappa shape index (κ2) is 14.6. The van der Waals surface area contributed by atoms with Crippen LogP contribution in [0.5, 0.6) is 5.88 Å². The molecule has 2 aliphatic heterocycles. The van der Waals surface area contributed by atoms with Gasteiger partial charge in [0.05, 0.1) is 35.0 Å². The largest absolute Gasteiger partial charge is 0.471 e. The standard InChI is InChI=1S/C39H48F2N6O9S/c1-6-22-20-38(22,34(50)46-57(52,53)37(5)16-17-37)45-31(48)26-19-23-21-47(26)33(49)30(36(2,3)4)44-35(51)56-28-14-9-13-27(28)54-18-10-15-39(40,41)29-32(55-23)43-25-12-8-7-11-24(25)42-29/h6-8,10-12,15,22-23,26-28,30H,1,9,13-14,16-21H2,2-5H3,(H,44,51)(H,45,48)(H,46,50)/b15-10-/t22-,23-,26+,27-,28-,30-,38-/m1/s1. The summed E-state index contributed by atoms with van der Waals surface area (Å²) in [5.74, 6) is -7.32. The van der Waals surface area contributed by atoms with Gasteiger partial charge in [0.1, 0.15) is 29.8 Å². The maximum Gasteiger partial charge on any atom is 0.408 e. The van der Waals surface area contributed by atoms with E-state index in [4.69, 9.17) is 14.2 Å². The van der Waals surface area contributed by atoms with E-state index >= 15 is 8.78 Å². The Morgan fingerprint density at radius 3 is 2.40 bits per heavy atom. The fraction of sp³-hybridized carbons (Fsp3) is 0.590. The first-order valence-electron chi connectivity index (χ1n) is 19.2. The van der Waals surface area contributed by atoms with Gasteiger partial charge in [-0.2, -0.15) is 8.78 Å². The summed E-state index contributed by atoms with van der Waals surface area (Å²) in [7, 11) is -4.08. The van der Waals surface area contributed by atoms with Crippen molar-refractivity contribution >= 4 is 44.9 Å². The molecule has 7 atom stereocenters. The van der Waals surface area contributed by atoms with Crippen LogP contribution in [-0.2, 0) is 39.8 Å². The second-order valence-corrected chi connectivity index (χ2v) is 19.2. The minimum atomic E-state index is -4.08. The van der Waals surface area contributed by atoms with Crippen molar-refractivity contribution in [3.05, 3.63) is 54.8 Å². The topological polar surface area (TPSA) is 195 Å². The molecule has 2 aromatic rings. The van der Waals surface area contributed by atoms with E-state index in [9.17, 15) is 27.6 Å². The molecular weight excluding hydrogens is 767 g/mol. The molecule has 15 nitrogen and oxygen atoms in total. The minimum Gasteiger partial charge on any atom is -0.471 e. The number of para-hydroxylation sites is 2. The summed E-state index contributed by atoms with van der Waals surface area (Å²) in [5.41, 5.74) is -2.97. The molecule has 1 saturated heterocycles. The lowest BCUT2D eigenvalue weighted by Gasteiger charge is -2.35. The van der Waals surface area contributed by atoms with E-state index in [2.05, 4.69) is 31.9 Å². The average molecular weight is 815 g/mol. The summed E-state index contributed by atoms with van der Waals surface area (Å²) in [6.07, 6.45) is 2.08. The zero-order valence-electron chi connectivity index (χ0n) is 32.3. The highest BCUT2D eigenvalue weighted by atomic mass is 32.2. The van der Waals surface area contributed by atoms with Crippen molar-refractivity contribution in [3.8, 4) is 5.88 Å². The van der Waals surface area contributed by atoms with Crippen molar-refractivity contribution in [2.75, 3.05) is 13.2 Å². The van der Waals surface area contributed by atoms with Crippen LogP contribution in [0.15, 0.2) is 49.1 Å². The van der Waals surface area contributed by atoms with Crippen LogP contribution in [0.25, 0.3) is 11.0 Å². The van der Waals surface area contributed by atoms with E-state index in [1.165, 1.54) is 24.0 Å². The molecule has 0 spiro atoms. The van der Waals surface area contributed by atoms with Gasteiger partial charge >= 0.3 is 12.0 Å². The number of sulfonamides is 1. The zero-order chi connectivity index (χ0) is 41.1. The fourth-order valence-corrected chi connectivity index (χ4v) is 9.02. The van der Waals surface area contributed by atoms with E-state index < -0.39 is 103 Å². The molecule has 3 saturated carbocycles. The molecule has 308 valence electrons. The van der Waals surface area contributed by atoms with E-state index in [1.807, 2.05) is 0 Å². The van der Waals surface area contributed by atoms with Crippen molar-refractivity contribution in [2.45, 2.75) is 119 Å². The molecule has 5 aliphatic rings. The van der Waals surface area contributed by atoms with E-state index in [0.29, 0.717) is 38.2 Å². The maximum absolute atomic E-state index is 16.1. The van der Waals surface area contributed by atoms with Crippen LogP contribution >= 0.6 is 0 Å². The summed E-state index contributed by atoms with van der Waals surface area (Å²) in [5, 5.41) is 5.40. The second-order valence-electron chi connectivity index (χ2n) is 17.0. The summed E-state index contributed by atoms with van der Waals surface area (Å²) in [6, 6.07) is 3.78. The van der Waals surface area contributed by atoms with Crippen molar-refractivity contribution in [3.63, 3.8) is 0 Å². The Morgan fingerprint density at radius 1 is 1.07 bits per heavy atom. The van der Waals surface area contributed by atoms with Gasteiger partial charge in [0, 0.05) is 12.3 Å². The summed E-state index contributed by atoms with van der Waals surface area (Å²) in [6.45, 7) is 9.88. The molecule has 18 heteroatoms. The number of amides is 4. The molecule has 0 radical (unpaired) electrons. The van der Waals surface area contributed by atoms with Gasteiger partial charge in [0.2, 0.25) is 27.7 Å². The third-order valence-electron chi connectivity index (χ3n) is 11.6. The van der Waals surface area contributed by atoms with Crippen LogP contribution in [-0.4, -0.2) is 101 Å². The van der Waals surface area contributed by atoms with Crippen molar-refractivity contribution in [1.82, 2.24) is 30.2 Å². The van der Waals surface area contributed by atoms with E-state index in [0.717, 1.165) is 6.08 Å². The molecular formula is C39H48F2N6O9S. The van der Waals surface area contributed by atoms with Crippen LogP contribution in [0.1, 0.15) is 78.3 Å². The van der Waals surface area contributed by atoms with Crippen LogP contribution in [0.3, 0.4) is 0 Å².